The number of hydrogen-bond donors (Lipinski definition) is 1. The van der Waals surface area contributed by atoms with Gasteiger partial charge in [0.15, 0.2) is 0 Å². The molecule has 1 aromatic rings. The molecule has 2 atom stereocenters. The summed E-state index contributed by atoms with van der Waals surface area (Å²) in [5, 5.41) is 3.37. The van der Waals surface area contributed by atoms with E-state index in [1.165, 1.54) is 5.56 Å². The molecule has 2 rings (SSSR count). The Morgan fingerprint density at radius 3 is 2.80 bits per heavy atom. The second-order valence-electron chi connectivity index (χ2n) is 4.04. The van der Waals surface area contributed by atoms with Crippen LogP contribution in [0.2, 0.25) is 0 Å². The molecule has 0 amide bonds. The number of piperazine rings is 1. The third-order valence-corrected chi connectivity index (χ3v) is 3.42. The van der Waals surface area contributed by atoms with Crippen molar-refractivity contribution in [2.24, 2.45) is 0 Å². The fourth-order valence-electron chi connectivity index (χ4n) is 2.00. The zero-order valence-electron chi connectivity index (χ0n) is 8.99. The largest absolute Gasteiger partial charge is 0.314 e. The van der Waals surface area contributed by atoms with Crippen LogP contribution in [0.1, 0.15) is 18.0 Å². The van der Waals surface area contributed by atoms with Gasteiger partial charge in [-0.2, -0.15) is 0 Å². The van der Waals surface area contributed by atoms with Gasteiger partial charge in [-0.3, -0.25) is 4.90 Å². The first-order chi connectivity index (χ1) is 7.29. The summed E-state index contributed by atoms with van der Waals surface area (Å²) in [7, 11) is 0. The summed E-state index contributed by atoms with van der Waals surface area (Å²) >= 11 is 6.48. The first kappa shape index (κ1) is 10.9. The highest BCUT2D eigenvalue weighted by molar-refractivity contribution is 6.20. The van der Waals surface area contributed by atoms with E-state index in [1.54, 1.807) is 0 Å². The van der Waals surface area contributed by atoms with Gasteiger partial charge in [0, 0.05) is 25.7 Å². The molecule has 1 aromatic carbocycles. The van der Waals surface area contributed by atoms with Gasteiger partial charge in [-0.15, -0.1) is 11.6 Å². The van der Waals surface area contributed by atoms with E-state index < -0.39 is 0 Å². The van der Waals surface area contributed by atoms with Crippen LogP contribution in [0.15, 0.2) is 30.3 Å². The second-order valence-corrected chi connectivity index (χ2v) is 4.45. The van der Waals surface area contributed by atoms with Crippen molar-refractivity contribution < 1.29 is 0 Å². The van der Waals surface area contributed by atoms with Crippen LogP contribution in [0.4, 0.5) is 0 Å². The van der Waals surface area contributed by atoms with E-state index in [-0.39, 0.29) is 5.50 Å². The van der Waals surface area contributed by atoms with Crippen molar-refractivity contribution in [3.8, 4) is 0 Å². The number of nitrogens with one attached hydrogen (secondary N) is 1. The Labute approximate surface area is 96.2 Å². The molecule has 1 heterocycles. The van der Waals surface area contributed by atoms with Crippen LogP contribution in [0.3, 0.4) is 0 Å². The number of nitrogens with zero attached hydrogens (tertiary/aromatic N) is 1. The summed E-state index contributed by atoms with van der Waals surface area (Å²) in [4.78, 5) is 2.34. The summed E-state index contributed by atoms with van der Waals surface area (Å²) in [6.07, 6.45) is 0. The molecule has 0 aromatic heterocycles. The third kappa shape index (κ3) is 2.51. The van der Waals surface area contributed by atoms with E-state index in [4.69, 9.17) is 11.6 Å². The van der Waals surface area contributed by atoms with E-state index in [0.29, 0.717) is 6.04 Å². The molecule has 1 saturated heterocycles. The molecule has 0 spiro atoms. The molecule has 82 valence electrons. The molecular formula is C12H17ClN2. The Morgan fingerprint density at radius 1 is 1.40 bits per heavy atom. The topological polar surface area (TPSA) is 15.3 Å². The van der Waals surface area contributed by atoms with Crippen molar-refractivity contribution >= 4 is 11.6 Å². The highest BCUT2D eigenvalue weighted by Crippen LogP contribution is 2.27. The molecule has 1 aliphatic rings. The van der Waals surface area contributed by atoms with Gasteiger partial charge < -0.3 is 5.32 Å². The van der Waals surface area contributed by atoms with Crippen molar-refractivity contribution in [2.45, 2.75) is 18.5 Å². The first-order valence-electron chi connectivity index (χ1n) is 5.44. The summed E-state index contributed by atoms with van der Waals surface area (Å²) in [6, 6.07) is 10.8. The number of halogens is 1. The summed E-state index contributed by atoms with van der Waals surface area (Å²) in [5.41, 5.74) is 1.19. The minimum absolute atomic E-state index is 0.00306. The SMILES string of the molecule is CC1CNCCN1C(Cl)c1ccccc1. The summed E-state index contributed by atoms with van der Waals surface area (Å²) < 4.78 is 0. The van der Waals surface area contributed by atoms with Gasteiger partial charge in [0.1, 0.15) is 5.50 Å². The molecule has 2 unspecified atom stereocenters. The van der Waals surface area contributed by atoms with E-state index >= 15 is 0 Å². The molecular weight excluding hydrogens is 208 g/mol. The molecule has 0 radical (unpaired) electrons. The van der Waals surface area contributed by atoms with Gasteiger partial charge in [-0.1, -0.05) is 30.3 Å². The Bertz CT molecular complexity index is 302. The maximum absolute atomic E-state index is 6.48. The zero-order chi connectivity index (χ0) is 10.7. The van der Waals surface area contributed by atoms with E-state index in [9.17, 15) is 0 Å². The van der Waals surface area contributed by atoms with Crippen LogP contribution in [0, 0.1) is 0 Å². The fourth-order valence-corrected chi connectivity index (χ4v) is 2.43. The molecule has 0 saturated carbocycles. The van der Waals surface area contributed by atoms with Crippen molar-refractivity contribution in [1.29, 1.82) is 0 Å². The van der Waals surface area contributed by atoms with Crippen LogP contribution in [-0.4, -0.2) is 30.6 Å². The molecule has 15 heavy (non-hydrogen) atoms. The number of alkyl halides is 1. The molecule has 3 heteroatoms. The monoisotopic (exact) mass is 224 g/mol. The summed E-state index contributed by atoms with van der Waals surface area (Å²) in [5.74, 6) is 0. The standard InChI is InChI=1S/C12H17ClN2/c1-10-9-14-7-8-15(10)12(13)11-5-3-2-4-6-11/h2-6,10,12,14H,7-9H2,1H3. The minimum atomic E-state index is 0.00306. The van der Waals surface area contributed by atoms with E-state index in [2.05, 4.69) is 29.3 Å². The van der Waals surface area contributed by atoms with Gasteiger partial charge in [0.2, 0.25) is 0 Å². The first-order valence-corrected chi connectivity index (χ1v) is 5.88. The average molecular weight is 225 g/mol. The Hall–Kier alpha value is -0.570. The lowest BCUT2D eigenvalue weighted by Crippen LogP contribution is -2.50. The lowest BCUT2D eigenvalue weighted by molar-refractivity contribution is 0.157. The van der Waals surface area contributed by atoms with E-state index in [0.717, 1.165) is 19.6 Å². The number of hydrogen-bond acceptors (Lipinski definition) is 2. The Balaban J connectivity index is 2.09. The van der Waals surface area contributed by atoms with Crippen LogP contribution in [0.25, 0.3) is 0 Å². The highest BCUT2D eigenvalue weighted by Gasteiger charge is 2.24. The van der Waals surface area contributed by atoms with Gasteiger partial charge in [-0.25, -0.2) is 0 Å². The van der Waals surface area contributed by atoms with Crippen LogP contribution >= 0.6 is 11.6 Å². The fraction of sp³-hybridized carbons (Fsp3) is 0.500. The van der Waals surface area contributed by atoms with Crippen molar-refractivity contribution in [1.82, 2.24) is 10.2 Å². The molecule has 2 nitrogen and oxygen atoms in total. The van der Waals surface area contributed by atoms with Crippen LogP contribution < -0.4 is 5.32 Å². The van der Waals surface area contributed by atoms with Gasteiger partial charge in [0.25, 0.3) is 0 Å². The Kier molecular flexibility index (Phi) is 3.62. The molecule has 0 bridgehead atoms. The van der Waals surface area contributed by atoms with Crippen molar-refractivity contribution in [3.63, 3.8) is 0 Å². The van der Waals surface area contributed by atoms with E-state index in [1.807, 2.05) is 18.2 Å². The smallest absolute Gasteiger partial charge is 0.111 e. The van der Waals surface area contributed by atoms with Gasteiger partial charge in [0.05, 0.1) is 0 Å². The predicted molar refractivity (Wildman–Crippen MR) is 64.1 cm³/mol. The van der Waals surface area contributed by atoms with Crippen LogP contribution in [-0.2, 0) is 0 Å². The molecule has 1 N–H and O–H groups in total. The normalized spacial score (nSPS) is 25.1. The average Bonchev–Trinajstić information content (AvgIpc) is 2.30. The quantitative estimate of drug-likeness (QED) is 0.612. The number of rotatable bonds is 2. The second kappa shape index (κ2) is 4.97. The van der Waals surface area contributed by atoms with Gasteiger partial charge >= 0.3 is 0 Å². The van der Waals surface area contributed by atoms with Gasteiger partial charge in [-0.05, 0) is 12.5 Å². The lowest BCUT2D eigenvalue weighted by atomic mass is 10.1. The van der Waals surface area contributed by atoms with Crippen molar-refractivity contribution in [3.05, 3.63) is 35.9 Å². The molecule has 1 aliphatic heterocycles. The predicted octanol–water partition coefficient (Wildman–Crippen LogP) is 2.22. The number of benzene rings is 1. The highest BCUT2D eigenvalue weighted by atomic mass is 35.5. The van der Waals surface area contributed by atoms with Crippen molar-refractivity contribution in [2.75, 3.05) is 19.6 Å². The molecule has 1 fully saturated rings. The molecule has 0 aliphatic carbocycles. The lowest BCUT2D eigenvalue weighted by Gasteiger charge is -2.37. The maximum Gasteiger partial charge on any atom is 0.111 e. The third-order valence-electron chi connectivity index (χ3n) is 2.92. The van der Waals surface area contributed by atoms with Crippen LogP contribution in [0.5, 0.6) is 0 Å². The maximum atomic E-state index is 6.48. The minimum Gasteiger partial charge on any atom is -0.314 e. The summed E-state index contributed by atoms with van der Waals surface area (Å²) in [6.45, 7) is 5.28. The zero-order valence-corrected chi connectivity index (χ0v) is 9.74. The Morgan fingerprint density at radius 2 is 2.13 bits per heavy atom.